The molecule has 15 heavy (non-hydrogen) atoms. The molecule has 0 aliphatic heterocycles. The zero-order valence-electron chi connectivity index (χ0n) is 8.77. The van der Waals surface area contributed by atoms with E-state index in [0.717, 1.165) is 5.56 Å². The average molecular weight is 229 g/mol. The minimum atomic E-state index is -3.48. The molecule has 0 aliphatic rings. The number of rotatable bonds is 4. The van der Waals surface area contributed by atoms with Crippen molar-refractivity contribution in [1.29, 1.82) is 0 Å². The normalized spacial score (nSPS) is 13.8. The van der Waals surface area contributed by atoms with Crippen molar-refractivity contribution in [3.8, 4) is 0 Å². The van der Waals surface area contributed by atoms with E-state index in [4.69, 9.17) is 5.11 Å². The van der Waals surface area contributed by atoms with Gasteiger partial charge in [-0.05, 0) is 26.0 Å². The van der Waals surface area contributed by atoms with Crippen LogP contribution in [-0.4, -0.2) is 26.2 Å². The lowest BCUT2D eigenvalue weighted by Crippen LogP contribution is -2.30. The van der Waals surface area contributed by atoms with Crippen LogP contribution in [0, 0.1) is 6.92 Å². The van der Waals surface area contributed by atoms with Gasteiger partial charge in [0.1, 0.15) is 0 Å². The minimum Gasteiger partial charge on any atom is -0.392 e. The summed E-state index contributed by atoms with van der Waals surface area (Å²) in [5, 5.41) is 8.98. The monoisotopic (exact) mass is 229 g/mol. The van der Waals surface area contributed by atoms with Gasteiger partial charge in [-0.2, -0.15) is 0 Å². The summed E-state index contributed by atoms with van der Waals surface area (Å²) >= 11 is 0. The molecule has 1 aromatic carbocycles. The molecule has 0 amide bonds. The lowest BCUT2D eigenvalue weighted by Gasteiger charge is -2.08. The van der Waals surface area contributed by atoms with Crippen molar-refractivity contribution in [3.05, 3.63) is 29.8 Å². The lowest BCUT2D eigenvalue weighted by atomic mass is 10.2. The molecule has 0 bridgehead atoms. The highest BCUT2D eigenvalue weighted by Crippen LogP contribution is 2.09. The predicted octanol–water partition coefficient (Wildman–Crippen LogP) is 0.654. The Labute approximate surface area is 90.0 Å². The van der Waals surface area contributed by atoms with Crippen LogP contribution in [0.15, 0.2) is 29.2 Å². The van der Waals surface area contributed by atoms with Crippen LogP contribution in [0.3, 0.4) is 0 Å². The Balaban J connectivity index is 2.82. The topological polar surface area (TPSA) is 66.4 Å². The minimum absolute atomic E-state index is 0.0240. The molecule has 5 heteroatoms. The summed E-state index contributed by atoms with van der Waals surface area (Å²) in [4.78, 5) is 0.216. The standard InChI is InChI=1S/C10H15NO3S/c1-8-3-5-10(6-4-8)15(13,14)11-7-9(2)12/h3-6,9,11-12H,7H2,1-2H3/t9-/m1/s1. The molecule has 0 saturated carbocycles. The number of nitrogens with one attached hydrogen (secondary N) is 1. The molecule has 0 heterocycles. The fraction of sp³-hybridized carbons (Fsp3) is 0.400. The Hall–Kier alpha value is -0.910. The van der Waals surface area contributed by atoms with Crippen LogP contribution >= 0.6 is 0 Å². The second-order valence-corrected chi connectivity index (χ2v) is 5.28. The van der Waals surface area contributed by atoms with Gasteiger partial charge >= 0.3 is 0 Å². The zero-order valence-corrected chi connectivity index (χ0v) is 9.58. The SMILES string of the molecule is Cc1ccc(S(=O)(=O)NC[C@@H](C)O)cc1. The van der Waals surface area contributed by atoms with Gasteiger partial charge in [-0.25, -0.2) is 13.1 Å². The highest BCUT2D eigenvalue weighted by Gasteiger charge is 2.13. The maximum Gasteiger partial charge on any atom is 0.240 e. The molecule has 1 rings (SSSR count). The van der Waals surface area contributed by atoms with Crippen molar-refractivity contribution < 1.29 is 13.5 Å². The van der Waals surface area contributed by atoms with E-state index in [1.165, 1.54) is 6.92 Å². The maximum absolute atomic E-state index is 11.6. The first-order chi connectivity index (χ1) is 6.92. The van der Waals surface area contributed by atoms with Gasteiger partial charge < -0.3 is 5.11 Å². The van der Waals surface area contributed by atoms with E-state index < -0.39 is 16.1 Å². The Morgan fingerprint density at radius 2 is 1.87 bits per heavy atom. The van der Waals surface area contributed by atoms with Crippen molar-refractivity contribution >= 4 is 10.0 Å². The highest BCUT2D eigenvalue weighted by atomic mass is 32.2. The van der Waals surface area contributed by atoms with Crippen LogP contribution in [0.2, 0.25) is 0 Å². The Kier molecular flexibility index (Phi) is 3.84. The Bertz CT molecular complexity index is 409. The second kappa shape index (κ2) is 4.74. The number of aryl methyl sites for hydroxylation is 1. The van der Waals surface area contributed by atoms with Gasteiger partial charge in [0.2, 0.25) is 10.0 Å². The van der Waals surface area contributed by atoms with E-state index in [1.54, 1.807) is 24.3 Å². The van der Waals surface area contributed by atoms with Crippen LogP contribution in [0.1, 0.15) is 12.5 Å². The van der Waals surface area contributed by atoms with Crippen LogP contribution in [-0.2, 0) is 10.0 Å². The number of aliphatic hydroxyl groups is 1. The molecule has 0 aliphatic carbocycles. The van der Waals surface area contributed by atoms with Crippen molar-refractivity contribution in [3.63, 3.8) is 0 Å². The van der Waals surface area contributed by atoms with E-state index >= 15 is 0 Å². The number of aliphatic hydroxyl groups excluding tert-OH is 1. The van der Waals surface area contributed by atoms with Gasteiger partial charge in [-0.3, -0.25) is 0 Å². The average Bonchev–Trinajstić information content (AvgIpc) is 2.16. The summed E-state index contributed by atoms with van der Waals surface area (Å²) in [5.74, 6) is 0. The molecular weight excluding hydrogens is 214 g/mol. The van der Waals surface area contributed by atoms with E-state index in [9.17, 15) is 8.42 Å². The first-order valence-corrected chi connectivity index (χ1v) is 6.14. The van der Waals surface area contributed by atoms with E-state index in [2.05, 4.69) is 4.72 Å². The third-order valence-corrected chi connectivity index (χ3v) is 3.34. The first-order valence-electron chi connectivity index (χ1n) is 4.66. The number of hydrogen-bond donors (Lipinski definition) is 2. The van der Waals surface area contributed by atoms with Gasteiger partial charge in [-0.15, -0.1) is 0 Å². The third kappa shape index (κ3) is 3.62. The lowest BCUT2D eigenvalue weighted by molar-refractivity contribution is 0.198. The van der Waals surface area contributed by atoms with Gasteiger partial charge in [-0.1, -0.05) is 17.7 Å². The molecule has 0 spiro atoms. The summed E-state index contributed by atoms with van der Waals surface area (Å²) in [7, 11) is -3.48. The van der Waals surface area contributed by atoms with Crippen molar-refractivity contribution in [1.82, 2.24) is 4.72 Å². The number of benzene rings is 1. The zero-order chi connectivity index (χ0) is 11.5. The molecule has 2 N–H and O–H groups in total. The molecule has 84 valence electrons. The summed E-state index contributed by atoms with van der Waals surface area (Å²) in [5.41, 5.74) is 1.00. The van der Waals surface area contributed by atoms with Crippen molar-refractivity contribution in [2.75, 3.05) is 6.54 Å². The van der Waals surface area contributed by atoms with E-state index in [0.29, 0.717) is 0 Å². The highest BCUT2D eigenvalue weighted by molar-refractivity contribution is 7.89. The van der Waals surface area contributed by atoms with Crippen LogP contribution in [0.5, 0.6) is 0 Å². The molecule has 1 aromatic rings. The predicted molar refractivity (Wildman–Crippen MR) is 58.0 cm³/mol. The van der Waals surface area contributed by atoms with Crippen LogP contribution in [0.4, 0.5) is 0 Å². The fourth-order valence-electron chi connectivity index (χ4n) is 1.03. The number of sulfonamides is 1. The molecule has 0 radical (unpaired) electrons. The summed E-state index contributed by atoms with van der Waals surface area (Å²) in [6, 6.07) is 6.55. The van der Waals surface area contributed by atoms with E-state index in [1.807, 2.05) is 6.92 Å². The van der Waals surface area contributed by atoms with Gasteiger partial charge in [0.05, 0.1) is 11.0 Å². The van der Waals surface area contributed by atoms with Crippen LogP contribution in [0.25, 0.3) is 0 Å². The molecule has 0 aromatic heterocycles. The summed E-state index contributed by atoms with van der Waals surface area (Å²) in [6.45, 7) is 3.44. The van der Waals surface area contributed by atoms with Gasteiger partial charge in [0.15, 0.2) is 0 Å². The summed E-state index contributed by atoms with van der Waals surface area (Å²) < 4.78 is 25.6. The fourth-order valence-corrected chi connectivity index (χ4v) is 2.15. The molecule has 1 atom stereocenters. The molecule has 0 saturated heterocycles. The quantitative estimate of drug-likeness (QED) is 0.797. The van der Waals surface area contributed by atoms with Crippen molar-refractivity contribution in [2.45, 2.75) is 24.8 Å². The maximum atomic E-state index is 11.6. The largest absolute Gasteiger partial charge is 0.392 e. The Morgan fingerprint density at radius 3 is 2.33 bits per heavy atom. The number of hydrogen-bond acceptors (Lipinski definition) is 3. The molecule has 4 nitrogen and oxygen atoms in total. The second-order valence-electron chi connectivity index (χ2n) is 3.51. The van der Waals surface area contributed by atoms with Crippen molar-refractivity contribution in [2.24, 2.45) is 0 Å². The molecule has 0 fully saturated rings. The third-order valence-electron chi connectivity index (χ3n) is 1.90. The molecule has 0 unspecified atom stereocenters. The van der Waals surface area contributed by atoms with Gasteiger partial charge in [0.25, 0.3) is 0 Å². The van der Waals surface area contributed by atoms with E-state index in [-0.39, 0.29) is 11.4 Å². The Morgan fingerprint density at radius 1 is 1.33 bits per heavy atom. The summed E-state index contributed by atoms with van der Waals surface area (Å²) in [6.07, 6.45) is -0.690. The first kappa shape index (κ1) is 12.2. The van der Waals surface area contributed by atoms with Crippen LogP contribution < -0.4 is 4.72 Å². The van der Waals surface area contributed by atoms with Gasteiger partial charge in [0, 0.05) is 6.54 Å². The molecular formula is C10H15NO3S. The smallest absolute Gasteiger partial charge is 0.240 e.